The van der Waals surface area contributed by atoms with Crippen LogP contribution in [-0.2, 0) is 7.05 Å². The van der Waals surface area contributed by atoms with Crippen molar-refractivity contribution in [3.05, 3.63) is 41.3 Å². The van der Waals surface area contributed by atoms with E-state index in [1.165, 1.54) is 0 Å². The van der Waals surface area contributed by atoms with Gasteiger partial charge < -0.3 is 15.0 Å². The number of imidazole rings is 1. The molecule has 8 heteroatoms. The Morgan fingerprint density at radius 3 is 2.71 bits per heavy atom. The van der Waals surface area contributed by atoms with Crippen LogP contribution in [0.4, 0.5) is 5.69 Å². The van der Waals surface area contributed by atoms with Crippen LogP contribution >= 0.6 is 0 Å². The van der Waals surface area contributed by atoms with Gasteiger partial charge in [-0.05, 0) is 44.4 Å². The molecule has 2 aliphatic carbocycles. The zero-order chi connectivity index (χ0) is 19.3. The average Bonchev–Trinajstić information content (AvgIpc) is 3.23. The molecule has 3 heterocycles. The van der Waals surface area contributed by atoms with Crippen molar-refractivity contribution < 1.29 is 5.11 Å². The van der Waals surface area contributed by atoms with Crippen LogP contribution in [0.3, 0.4) is 0 Å². The molecule has 146 valence electrons. The Morgan fingerprint density at radius 1 is 1.25 bits per heavy atom. The molecule has 0 aromatic carbocycles. The molecule has 0 saturated heterocycles. The lowest BCUT2D eigenvalue weighted by atomic mass is 9.81. The van der Waals surface area contributed by atoms with Gasteiger partial charge in [0.2, 0.25) is 5.95 Å². The highest BCUT2D eigenvalue weighted by atomic mass is 16.3. The van der Waals surface area contributed by atoms with Crippen molar-refractivity contribution in [1.82, 2.24) is 24.1 Å². The van der Waals surface area contributed by atoms with Gasteiger partial charge in [0, 0.05) is 31.5 Å². The van der Waals surface area contributed by atoms with Crippen molar-refractivity contribution in [2.45, 2.75) is 50.2 Å². The minimum atomic E-state index is -0.396. The highest BCUT2D eigenvalue weighted by molar-refractivity contribution is 5.87. The maximum atomic E-state index is 12.4. The number of anilines is 1. The molecule has 0 radical (unpaired) electrons. The summed E-state index contributed by atoms with van der Waals surface area (Å²) in [5.41, 5.74) is 1.68. The molecule has 2 aliphatic rings. The summed E-state index contributed by atoms with van der Waals surface area (Å²) in [5.74, 6) is 0.937. The third-order valence-electron chi connectivity index (χ3n) is 6.32. The van der Waals surface area contributed by atoms with E-state index in [1.807, 2.05) is 0 Å². The van der Waals surface area contributed by atoms with E-state index in [1.54, 1.807) is 47.2 Å². The molecule has 0 atom stereocenters. The van der Waals surface area contributed by atoms with Crippen LogP contribution in [0, 0.1) is 5.92 Å². The lowest BCUT2D eigenvalue weighted by Gasteiger charge is -2.32. The van der Waals surface area contributed by atoms with Gasteiger partial charge in [-0.15, -0.1) is 0 Å². The molecule has 0 unspecified atom stereocenters. The zero-order valence-electron chi connectivity index (χ0n) is 15.9. The van der Waals surface area contributed by atoms with Gasteiger partial charge in [0.05, 0.1) is 23.0 Å². The number of aromatic nitrogens is 5. The summed E-state index contributed by atoms with van der Waals surface area (Å²) in [6.45, 7) is 0. The normalized spacial score (nSPS) is 23.6. The van der Waals surface area contributed by atoms with Gasteiger partial charge in [-0.25, -0.2) is 15.0 Å². The fraction of sp³-hybridized carbons (Fsp3) is 0.500. The molecule has 0 spiro atoms. The van der Waals surface area contributed by atoms with Crippen molar-refractivity contribution in [2.24, 2.45) is 13.0 Å². The van der Waals surface area contributed by atoms with E-state index in [0.717, 1.165) is 49.7 Å². The molecule has 3 aromatic heterocycles. The van der Waals surface area contributed by atoms with E-state index in [0.29, 0.717) is 17.4 Å². The fourth-order valence-electron chi connectivity index (χ4n) is 4.36. The lowest BCUT2D eigenvalue weighted by molar-refractivity contribution is 0.0589. The summed E-state index contributed by atoms with van der Waals surface area (Å²) < 4.78 is 3.31. The average molecular weight is 380 g/mol. The van der Waals surface area contributed by atoms with E-state index in [-0.39, 0.29) is 11.6 Å². The topological polar surface area (TPSA) is 97.9 Å². The summed E-state index contributed by atoms with van der Waals surface area (Å²) in [4.78, 5) is 25.5. The van der Waals surface area contributed by atoms with Crippen LogP contribution in [0.1, 0.15) is 38.5 Å². The van der Waals surface area contributed by atoms with Crippen molar-refractivity contribution in [1.29, 1.82) is 0 Å². The number of rotatable bonds is 4. The van der Waals surface area contributed by atoms with E-state index in [9.17, 15) is 9.90 Å². The number of nitrogens with zero attached hydrogens (tertiary/aromatic N) is 5. The molecule has 8 nitrogen and oxygen atoms in total. The Balaban J connectivity index is 1.45. The second-order valence-corrected chi connectivity index (χ2v) is 8.13. The second kappa shape index (κ2) is 6.41. The maximum Gasteiger partial charge on any atom is 0.252 e. The van der Waals surface area contributed by atoms with Crippen LogP contribution < -0.4 is 10.9 Å². The quantitative estimate of drug-likeness (QED) is 0.719. The first kappa shape index (κ1) is 17.4. The standard InChI is InChI=1S/C20H24N6O2/c1-25-16-11-22-19(26-9-8-21-12-26)24-18(16)15(10-17(25)27)23-14-4-2-13(3-5-14)20(28)6-7-20/h8-14,23,28H,2-7H2,1H3. The molecule has 2 fully saturated rings. The maximum absolute atomic E-state index is 12.4. The number of hydrogen-bond acceptors (Lipinski definition) is 6. The third-order valence-corrected chi connectivity index (χ3v) is 6.32. The Kier molecular flexibility index (Phi) is 3.97. The summed E-state index contributed by atoms with van der Waals surface area (Å²) in [7, 11) is 1.73. The predicted molar refractivity (Wildman–Crippen MR) is 105 cm³/mol. The molecule has 28 heavy (non-hydrogen) atoms. The number of fused-ring (bicyclic) bond motifs is 1. The molecule has 2 N–H and O–H groups in total. The molecule has 3 aromatic rings. The number of pyridine rings is 1. The molecule has 0 bridgehead atoms. The first-order valence-corrected chi connectivity index (χ1v) is 9.87. The number of nitrogens with one attached hydrogen (secondary N) is 1. The zero-order valence-corrected chi connectivity index (χ0v) is 15.9. The van der Waals surface area contributed by atoms with E-state index in [2.05, 4.69) is 15.3 Å². The lowest BCUT2D eigenvalue weighted by Crippen LogP contribution is -2.33. The van der Waals surface area contributed by atoms with Gasteiger partial charge in [-0.3, -0.25) is 9.36 Å². The Hall–Kier alpha value is -2.74. The monoisotopic (exact) mass is 380 g/mol. The second-order valence-electron chi connectivity index (χ2n) is 8.13. The van der Waals surface area contributed by atoms with E-state index < -0.39 is 5.60 Å². The van der Waals surface area contributed by atoms with Crippen LogP contribution in [-0.4, -0.2) is 40.8 Å². The van der Waals surface area contributed by atoms with Crippen molar-refractivity contribution >= 4 is 16.7 Å². The van der Waals surface area contributed by atoms with Crippen LogP contribution in [0.25, 0.3) is 17.0 Å². The van der Waals surface area contributed by atoms with Crippen LogP contribution in [0.15, 0.2) is 35.8 Å². The largest absolute Gasteiger partial charge is 0.390 e. The highest BCUT2D eigenvalue weighted by Crippen LogP contribution is 2.48. The third kappa shape index (κ3) is 2.97. The van der Waals surface area contributed by atoms with Crippen molar-refractivity contribution in [2.75, 3.05) is 5.32 Å². The van der Waals surface area contributed by atoms with Gasteiger partial charge in [0.25, 0.3) is 5.56 Å². The van der Waals surface area contributed by atoms with Crippen molar-refractivity contribution in [3.63, 3.8) is 0 Å². The molecule has 0 amide bonds. The molecular formula is C20H24N6O2. The van der Waals surface area contributed by atoms with Gasteiger partial charge in [0.1, 0.15) is 11.8 Å². The minimum absolute atomic E-state index is 0.0880. The van der Waals surface area contributed by atoms with Gasteiger partial charge in [0.15, 0.2) is 0 Å². The smallest absolute Gasteiger partial charge is 0.252 e. The SMILES string of the molecule is Cn1c(=O)cc(NC2CCC(C3(O)CC3)CC2)c2nc(-n3ccnc3)ncc21. The number of aliphatic hydroxyl groups is 1. The molecular weight excluding hydrogens is 356 g/mol. The predicted octanol–water partition coefficient (Wildman–Crippen LogP) is 2.01. The number of aryl methyl sites for hydroxylation is 1. The molecule has 2 saturated carbocycles. The van der Waals surface area contributed by atoms with Gasteiger partial charge >= 0.3 is 0 Å². The van der Waals surface area contributed by atoms with E-state index in [4.69, 9.17) is 4.98 Å². The Bertz CT molecular complexity index is 1060. The first-order valence-electron chi connectivity index (χ1n) is 9.87. The molecule has 0 aliphatic heterocycles. The Morgan fingerprint density at radius 2 is 2.04 bits per heavy atom. The molecule has 5 rings (SSSR count). The summed E-state index contributed by atoms with van der Waals surface area (Å²) in [5, 5.41) is 13.9. The van der Waals surface area contributed by atoms with Crippen molar-refractivity contribution in [3.8, 4) is 5.95 Å². The van der Waals surface area contributed by atoms with Crippen LogP contribution in [0.2, 0.25) is 0 Å². The van der Waals surface area contributed by atoms with Crippen LogP contribution in [0.5, 0.6) is 0 Å². The summed E-state index contributed by atoms with van der Waals surface area (Å²) in [6, 6.07) is 1.90. The summed E-state index contributed by atoms with van der Waals surface area (Å²) >= 11 is 0. The highest BCUT2D eigenvalue weighted by Gasteiger charge is 2.48. The van der Waals surface area contributed by atoms with Gasteiger partial charge in [-0.1, -0.05) is 0 Å². The minimum Gasteiger partial charge on any atom is -0.390 e. The van der Waals surface area contributed by atoms with E-state index >= 15 is 0 Å². The Labute approximate surface area is 162 Å². The fourth-order valence-corrected chi connectivity index (χ4v) is 4.36. The first-order chi connectivity index (χ1) is 13.5. The van der Waals surface area contributed by atoms with Gasteiger partial charge in [-0.2, -0.15) is 0 Å². The number of hydrogen-bond donors (Lipinski definition) is 2. The summed E-state index contributed by atoms with van der Waals surface area (Å²) in [6.07, 6.45) is 12.7.